The summed E-state index contributed by atoms with van der Waals surface area (Å²) in [5.74, 6) is 1.30. The highest BCUT2D eigenvalue weighted by Crippen LogP contribution is 2.31. The molecular weight excluding hydrogens is 214 g/mol. The Kier molecular flexibility index (Phi) is 2.55. The van der Waals surface area contributed by atoms with Crippen molar-refractivity contribution < 1.29 is 4.74 Å². The van der Waals surface area contributed by atoms with Crippen LogP contribution in [0.5, 0.6) is 5.75 Å². The summed E-state index contributed by atoms with van der Waals surface area (Å²) in [4.78, 5) is 8.24. The van der Waals surface area contributed by atoms with Gasteiger partial charge in [0.1, 0.15) is 17.9 Å². The molecule has 0 atom stereocenters. The number of aromatic nitrogens is 2. The van der Waals surface area contributed by atoms with Crippen molar-refractivity contribution in [1.82, 2.24) is 9.97 Å². The van der Waals surface area contributed by atoms with Crippen molar-refractivity contribution in [2.24, 2.45) is 0 Å². The molecule has 2 N–H and O–H groups in total. The Bertz CT molecular complexity index is 530. The zero-order valence-electron chi connectivity index (χ0n) is 9.60. The molecule has 1 heterocycles. The van der Waals surface area contributed by atoms with Crippen LogP contribution in [-0.4, -0.2) is 16.1 Å². The summed E-state index contributed by atoms with van der Waals surface area (Å²) in [6.07, 6.45) is 6.56. The van der Waals surface area contributed by atoms with Crippen molar-refractivity contribution in [3.63, 3.8) is 0 Å². The van der Waals surface area contributed by atoms with E-state index in [9.17, 15) is 0 Å². The maximum atomic E-state index is 6.01. The van der Waals surface area contributed by atoms with Crippen LogP contribution >= 0.6 is 0 Å². The number of fused-ring (bicyclic) bond motifs is 1. The summed E-state index contributed by atoms with van der Waals surface area (Å²) >= 11 is 0. The number of nitrogens with two attached hydrogens (primary N) is 1. The van der Waals surface area contributed by atoms with Crippen LogP contribution in [0.3, 0.4) is 0 Å². The number of nitrogen functional groups attached to an aromatic ring is 1. The van der Waals surface area contributed by atoms with Crippen LogP contribution in [0.25, 0.3) is 10.9 Å². The maximum Gasteiger partial charge on any atom is 0.138 e. The van der Waals surface area contributed by atoms with Gasteiger partial charge < -0.3 is 10.5 Å². The third-order valence-corrected chi connectivity index (χ3v) is 3.25. The lowest BCUT2D eigenvalue weighted by atomic mass is 10.2. The molecule has 0 spiro atoms. The van der Waals surface area contributed by atoms with Gasteiger partial charge in [-0.15, -0.1) is 0 Å². The van der Waals surface area contributed by atoms with E-state index in [4.69, 9.17) is 10.5 Å². The third-order valence-electron chi connectivity index (χ3n) is 3.25. The zero-order valence-corrected chi connectivity index (χ0v) is 9.60. The number of rotatable bonds is 2. The van der Waals surface area contributed by atoms with Crippen LogP contribution in [0.2, 0.25) is 0 Å². The molecule has 3 rings (SSSR count). The summed E-state index contributed by atoms with van der Waals surface area (Å²) < 4.78 is 6.01. The Morgan fingerprint density at radius 2 is 2.00 bits per heavy atom. The number of anilines is 1. The first-order valence-corrected chi connectivity index (χ1v) is 6.00. The van der Waals surface area contributed by atoms with E-state index >= 15 is 0 Å². The van der Waals surface area contributed by atoms with Gasteiger partial charge in [0.15, 0.2) is 0 Å². The van der Waals surface area contributed by atoms with Gasteiger partial charge in [-0.3, -0.25) is 0 Å². The van der Waals surface area contributed by atoms with E-state index in [1.165, 1.54) is 19.2 Å². The largest absolute Gasteiger partial charge is 0.490 e. The van der Waals surface area contributed by atoms with Crippen molar-refractivity contribution >= 4 is 16.7 Å². The molecule has 1 saturated carbocycles. The predicted octanol–water partition coefficient (Wildman–Crippen LogP) is 2.53. The fourth-order valence-corrected chi connectivity index (χ4v) is 2.39. The first-order chi connectivity index (χ1) is 8.34. The Morgan fingerprint density at radius 1 is 1.18 bits per heavy atom. The van der Waals surface area contributed by atoms with Crippen molar-refractivity contribution in [2.45, 2.75) is 31.8 Å². The number of nitrogens with zero attached hydrogens (tertiary/aromatic N) is 2. The van der Waals surface area contributed by atoms with E-state index in [-0.39, 0.29) is 0 Å². The van der Waals surface area contributed by atoms with E-state index in [0.29, 0.717) is 11.9 Å². The molecule has 0 aliphatic heterocycles. The lowest BCUT2D eigenvalue weighted by Gasteiger charge is -2.15. The van der Waals surface area contributed by atoms with Gasteiger partial charge in [0.25, 0.3) is 0 Å². The average Bonchev–Trinajstić information content (AvgIpc) is 2.82. The normalized spacial score (nSPS) is 16.5. The second-order valence-corrected chi connectivity index (χ2v) is 4.43. The third kappa shape index (κ3) is 1.90. The maximum absolute atomic E-state index is 6.01. The molecule has 0 saturated heterocycles. The molecular formula is C13H15N3O. The molecule has 2 aromatic rings. The summed E-state index contributed by atoms with van der Waals surface area (Å²) in [6, 6.07) is 5.81. The summed E-state index contributed by atoms with van der Waals surface area (Å²) in [7, 11) is 0. The molecule has 1 fully saturated rings. The highest BCUT2D eigenvalue weighted by Gasteiger charge is 2.18. The Morgan fingerprint density at radius 3 is 2.82 bits per heavy atom. The number of ether oxygens (including phenoxy) is 1. The number of benzene rings is 1. The lowest BCUT2D eigenvalue weighted by molar-refractivity contribution is 0.213. The van der Waals surface area contributed by atoms with Crippen LogP contribution in [-0.2, 0) is 0 Å². The second-order valence-electron chi connectivity index (χ2n) is 4.43. The van der Waals surface area contributed by atoms with Crippen LogP contribution in [0.1, 0.15) is 25.7 Å². The molecule has 17 heavy (non-hydrogen) atoms. The van der Waals surface area contributed by atoms with E-state index in [2.05, 4.69) is 9.97 Å². The molecule has 0 radical (unpaired) electrons. The number of hydrogen-bond donors (Lipinski definition) is 1. The molecule has 1 aromatic heterocycles. The van der Waals surface area contributed by atoms with Gasteiger partial charge in [0.2, 0.25) is 0 Å². The highest BCUT2D eigenvalue weighted by atomic mass is 16.5. The smallest absolute Gasteiger partial charge is 0.138 e. The van der Waals surface area contributed by atoms with Crippen molar-refractivity contribution in [2.75, 3.05) is 5.73 Å². The Balaban J connectivity index is 2.03. The van der Waals surface area contributed by atoms with Gasteiger partial charge >= 0.3 is 0 Å². The molecule has 0 amide bonds. The van der Waals surface area contributed by atoms with Crippen LogP contribution < -0.4 is 10.5 Å². The van der Waals surface area contributed by atoms with Gasteiger partial charge in [0, 0.05) is 0 Å². The van der Waals surface area contributed by atoms with E-state index in [0.717, 1.165) is 29.5 Å². The molecule has 4 heteroatoms. The fourth-order valence-electron chi connectivity index (χ4n) is 2.39. The van der Waals surface area contributed by atoms with E-state index < -0.39 is 0 Å². The Labute approximate surface area is 99.8 Å². The monoisotopic (exact) mass is 229 g/mol. The van der Waals surface area contributed by atoms with Gasteiger partial charge in [0.05, 0.1) is 17.0 Å². The van der Waals surface area contributed by atoms with Gasteiger partial charge in [-0.1, -0.05) is 6.07 Å². The van der Waals surface area contributed by atoms with Crippen LogP contribution in [0, 0.1) is 0 Å². The summed E-state index contributed by atoms with van der Waals surface area (Å²) in [5.41, 5.74) is 6.74. The predicted molar refractivity (Wildman–Crippen MR) is 66.8 cm³/mol. The molecule has 88 valence electrons. The standard InChI is InChI=1S/C13H15N3O/c14-13-12-10(15-8-16-13)6-3-7-11(12)17-9-4-1-2-5-9/h3,6-9H,1-2,4-5H2,(H2,14,15,16). The molecule has 1 aliphatic rings. The molecule has 4 nitrogen and oxygen atoms in total. The SMILES string of the molecule is Nc1ncnc2cccc(OC3CCCC3)c12. The average molecular weight is 229 g/mol. The van der Waals surface area contributed by atoms with Crippen molar-refractivity contribution in [1.29, 1.82) is 0 Å². The minimum absolute atomic E-state index is 0.320. The van der Waals surface area contributed by atoms with Gasteiger partial charge in [-0.05, 0) is 37.8 Å². The minimum Gasteiger partial charge on any atom is -0.490 e. The second kappa shape index (κ2) is 4.20. The number of hydrogen-bond acceptors (Lipinski definition) is 4. The summed E-state index contributed by atoms with van der Waals surface area (Å²) in [6.45, 7) is 0. The van der Waals surface area contributed by atoms with E-state index in [1.807, 2.05) is 18.2 Å². The Hall–Kier alpha value is -1.84. The first kappa shape index (κ1) is 10.3. The van der Waals surface area contributed by atoms with Gasteiger partial charge in [-0.25, -0.2) is 9.97 Å². The fraction of sp³-hybridized carbons (Fsp3) is 0.385. The summed E-state index contributed by atoms with van der Waals surface area (Å²) in [5, 5.41) is 0.835. The first-order valence-electron chi connectivity index (χ1n) is 6.00. The van der Waals surface area contributed by atoms with E-state index in [1.54, 1.807) is 0 Å². The van der Waals surface area contributed by atoms with Crippen molar-refractivity contribution in [3.8, 4) is 5.75 Å². The highest BCUT2D eigenvalue weighted by molar-refractivity contribution is 5.93. The quantitative estimate of drug-likeness (QED) is 0.859. The lowest BCUT2D eigenvalue weighted by Crippen LogP contribution is -2.11. The molecule has 0 bridgehead atoms. The zero-order chi connectivity index (χ0) is 11.7. The molecule has 1 aromatic carbocycles. The van der Waals surface area contributed by atoms with Gasteiger partial charge in [-0.2, -0.15) is 0 Å². The molecule has 1 aliphatic carbocycles. The topological polar surface area (TPSA) is 61.0 Å². The van der Waals surface area contributed by atoms with Crippen LogP contribution in [0.4, 0.5) is 5.82 Å². The van der Waals surface area contributed by atoms with Crippen LogP contribution in [0.15, 0.2) is 24.5 Å². The minimum atomic E-state index is 0.320. The molecule has 0 unspecified atom stereocenters. The van der Waals surface area contributed by atoms with Crippen molar-refractivity contribution in [3.05, 3.63) is 24.5 Å².